The Morgan fingerprint density at radius 1 is 1.28 bits per heavy atom. The van der Waals surface area contributed by atoms with Gasteiger partial charge in [-0.2, -0.15) is 0 Å². The van der Waals surface area contributed by atoms with Crippen LogP contribution >= 0.6 is 0 Å². The number of nitrogens with zero attached hydrogens (tertiary/aromatic N) is 2. The average Bonchev–Trinajstić information content (AvgIpc) is 3.28. The SMILES string of the molecule is Cc1cc(C(=O)OCC(=O)c2c(N)n(C)c(=O)[nH]c2=O)c(C)n1Cc1ccco1. The van der Waals surface area contributed by atoms with Crippen molar-refractivity contribution in [2.45, 2.75) is 20.4 Å². The van der Waals surface area contributed by atoms with E-state index >= 15 is 0 Å². The number of Topliss-reactive ketones (excluding diaryl/α,β-unsaturated/α-hetero) is 1. The molecule has 0 saturated carbocycles. The minimum absolute atomic E-state index is 0.295. The quantitative estimate of drug-likeness (QED) is 0.459. The maximum absolute atomic E-state index is 12.5. The van der Waals surface area contributed by atoms with E-state index in [1.165, 1.54) is 7.05 Å². The van der Waals surface area contributed by atoms with E-state index < -0.39 is 35.2 Å². The smallest absolute Gasteiger partial charge is 0.340 e. The lowest BCUT2D eigenvalue weighted by Crippen LogP contribution is -2.35. The second-order valence-electron chi connectivity index (χ2n) is 6.53. The molecule has 3 heterocycles. The molecule has 0 atom stereocenters. The van der Waals surface area contributed by atoms with Gasteiger partial charge in [0.25, 0.3) is 5.56 Å². The minimum Gasteiger partial charge on any atom is -0.467 e. The standard InChI is InChI=1S/C19H20N4O6/c1-10-7-13(11(2)23(10)8-12-5-4-6-28-12)18(26)29-9-14(24)15-16(20)22(3)19(27)21-17(15)25/h4-7H,8-9,20H2,1-3H3,(H,21,25,27). The van der Waals surface area contributed by atoms with Crippen LogP contribution in [0.5, 0.6) is 0 Å². The summed E-state index contributed by atoms with van der Waals surface area (Å²) in [6, 6.07) is 5.25. The number of nitrogen functional groups attached to an aromatic ring is 1. The lowest BCUT2D eigenvalue weighted by molar-refractivity contribution is 0.0473. The van der Waals surface area contributed by atoms with Gasteiger partial charge in [-0.25, -0.2) is 9.59 Å². The van der Waals surface area contributed by atoms with Gasteiger partial charge in [0.1, 0.15) is 17.1 Å². The summed E-state index contributed by atoms with van der Waals surface area (Å²) in [5.74, 6) is -1.09. The molecule has 29 heavy (non-hydrogen) atoms. The Morgan fingerprint density at radius 3 is 2.66 bits per heavy atom. The Morgan fingerprint density at radius 2 is 2.00 bits per heavy atom. The highest BCUT2D eigenvalue weighted by Gasteiger charge is 2.22. The number of aromatic nitrogens is 3. The van der Waals surface area contributed by atoms with Gasteiger partial charge in [-0.15, -0.1) is 0 Å². The lowest BCUT2D eigenvalue weighted by Gasteiger charge is -2.09. The Balaban J connectivity index is 1.77. The van der Waals surface area contributed by atoms with Crippen LogP contribution in [0.15, 0.2) is 38.5 Å². The Bertz CT molecular complexity index is 1200. The predicted molar refractivity (Wildman–Crippen MR) is 103 cm³/mol. The number of nitrogens with one attached hydrogen (secondary N) is 1. The summed E-state index contributed by atoms with van der Waals surface area (Å²) in [7, 11) is 1.31. The second-order valence-corrected chi connectivity index (χ2v) is 6.53. The van der Waals surface area contributed by atoms with Gasteiger partial charge in [0, 0.05) is 18.4 Å². The van der Waals surface area contributed by atoms with Gasteiger partial charge in [-0.05, 0) is 32.0 Å². The third kappa shape index (κ3) is 3.77. The molecule has 10 nitrogen and oxygen atoms in total. The highest BCUT2D eigenvalue weighted by atomic mass is 16.5. The molecule has 0 amide bonds. The largest absolute Gasteiger partial charge is 0.467 e. The summed E-state index contributed by atoms with van der Waals surface area (Å²) in [5, 5.41) is 0. The highest BCUT2D eigenvalue weighted by Crippen LogP contribution is 2.18. The first-order valence-electron chi connectivity index (χ1n) is 8.69. The number of ketones is 1. The third-order valence-electron chi connectivity index (χ3n) is 4.67. The number of nitrogens with two attached hydrogens (primary N) is 1. The molecule has 0 bridgehead atoms. The van der Waals surface area contributed by atoms with Crippen LogP contribution in [0.25, 0.3) is 0 Å². The van der Waals surface area contributed by atoms with Crippen molar-refractivity contribution in [3.63, 3.8) is 0 Å². The van der Waals surface area contributed by atoms with E-state index in [0.717, 1.165) is 16.0 Å². The zero-order valence-corrected chi connectivity index (χ0v) is 16.1. The molecule has 152 valence electrons. The second kappa shape index (κ2) is 7.66. The van der Waals surface area contributed by atoms with Crippen LogP contribution in [0.4, 0.5) is 5.82 Å². The van der Waals surface area contributed by atoms with Gasteiger partial charge >= 0.3 is 11.7 Å². The van der Waals surface area contributed by atoms with Crippen molar-refractivity contribution in [1.82, 2.24) is 14.1 Å². The predicted octanol–water partition coefficient (Wildman–Crippen LogP) is 0.755. The number of carbonyl (C=O) groups is 2. The first kappa shape index (κ1) is 19.9. The third-order valence-corrected chi connectivity index (χ3v) is 4.67. The fourth-order valence-electron chi connectivity index (χ4n) is 3.00. The summed E-state index contributed by atoms with van der Waals surface area (Å²) < 4.78 is 13.2. The van der Waals surface area contributed by atoms with Crippen molar-refractivity contribution < 1.29 is 18.7 Å². The minimum atomic E-state index is -0.928. The van der Waals surface area contributed by atoms with Gasteiger partial charge in [0.2, 0.25) is 5.78 Å². The number of H-pyrrole nitrogens is 1. The van der Waals surface area contributed by atoms with Crippen LogP contribution in [-0.4, -0.2) is 32.5 Å². The maximum Gasteiger partial charge on any atom is 0.340 e. The fourth-order valence-corrected chi connectivity index (χ4v) is 3.00. The highest BCUT2D eigenvalue weighted by molar-refractivity contribution is 6.02. The van der Waals surface area contributed by atoms with Crippen molar-refractivity contribution >= 4 is 17.6 Å². The fraction of sp³-hybridized carbons (Fsp3) is 0.263. The van der Waals surface area contributed by atoms with E-state index in [4.69, 9.17) is 14.9 Å². The van der Waals surface area contributed by atoms with Gasteiger partial charge in [-0.3, -0.25) is 19.1 Å². The summed E-state index contributed by atoms with van der Waals surface area (Å²) in [6.45, 7) is 3.35. The summed E-state index contributed by atoms with van der Waals surface area (Å²) in [5.41, 5.74) is 5.34. The molecule has 0 fully saturated rings. The van der Waals surface area contributed by atoms with Crippen molar-refractivity contribution in [3.8, 4) is 0 Å². The number of esters is 1. The Hall–Kier alpha value is -3.82. The van der Waals surface area contributed by atoms with E-state index in [0.29, 0.717) is 17.8 Å². The molecule has 10 heteroatoms. The number of aromatic amines is 1. The van der Waals surface area contributed by atoms with Crippen LogP contribution < -0.4 is 17.0 Å². The molecule has 3 N–H and O–H groups in total. The Labute approximate surface area is 164 Å². The number of aryl methyl sites for hydroxylation is 1. The topological polar surface area (TPSA) is 142 Å². The number of ether oxygens (including phenoxy) is 1. The van der Waals surface area contributed by atoms with E-state index in [-0.39, 0.29) is 5.82 Å². The molecule has 0 aliphatic rings. The Kier molecular flexibility index (Phi) is 5.26. The zero-order valence-electron chi connectivity index (χ0n) is 16.1. The van der Waals surface area contributed by atoms with Crippen molar-refractivity contribution in [2.75, 3.05) is 12.3 Å². The molecular weight excluding hydrogens is 380 g/mol. The number of carbonyl (C=O) groups excluding carboxylic acids is 2. The maximum atomic E-state index is 12.5. The van der Waals surface area contributed by atoms with Gasteiger partial charge < -0.3 is 19.5 Å². The molecule has 0 radical (unpaired) electrons. The first-order valence-corrected chi connectivity index (χ1v) is 8.69. The van der Waals surface area contributed by atoms with E-state index in [1.807, 2.05) is 22.5 Å². The molecule has 0 unspecified atom stereocenters. The lowest BCUT2D eigenvalue weighted by atomic mass is 10.2. The summed E-state index contributed by atoms with van der Waals surface area (Å²) in [6.07, 6.45) is 1.57. The zero-order chi connectivity index (χ0) is 21.3. The number of hydrogen-bond acceptors (Lipinski definition) is 7. The molecule has 0 spiro atoms. The van der Waals surface area contributed by atoms with E-state index in [9.17, 15) is 19.2 Å². The van der Waals surface area contributed by atoms with Crippen LogP contribution in [-0.2, 0) is 18.3 Å². The summed E-state index contributed by atoms with van der Waals surface area (Å²) >= 11 is 0. The number of rotatable bonds is 6. The van der Waals surface area contributed by atoms with Gasteiger partial charge in [0.15, 0.2) is 6.61 Å². The van der Waals surface area contributed by atoms with Crippen molar-refractivity contribution in [3.05, 3.63) is 73.6 Å². The summed E-state index contributed by atoms with van der Waals surface area (Å²) in [4.78, 5) is 50.2. The van der Waals surface area contributed by atoms with Crippen LogP contribution in [0.3, 0.4) is 0 Å². The normalized spacial score (nSPS) is 10.9. The van der Waals surface area contributed by atoms with Crippen molar-refractivity contribution in [1.29, 1.82) is 0 Å². The molecule has 3 aromatic heterocycles. The van der Waals surface area contributed by atoms with E-state index in [2.05, 4.69) is 0 Å². The number of hydrogen-bond donors (Lipinski definition) is 2. The average molecular weight is 400 g/mol. The van der Waals surface area contributed by atoms with Crippen LogP contribution in [0.2, 0.25) is 0 Å². The van der Waals surface area contributed by atoms with Crippen LogP contribution in [0.1, 0.15) is 37.9 Å². The number of anilines is 1. The molecule has 0 aromatic carbocycles. The van der Waals surface area contributed by atoms with E-state index in [1.54, 1.807) is 25.3 Å². The molecular formula is C19H20N4O6. The van der Waals surface area contributed by atoms with Gasteiger partial charge in [0.05, 0.1) is 18.4 Å². The monoisotopic (exact) mass is 400 g/mol. The molecule has 3 rings (SSSR count). The van der Waals surface area contributed by atoms with Crippen LogP contribution in [0, 0.1) is 13.8 Å². The molecule has 0 aliphatic carbocycles. The molecule has 3 aromatic rings. The number of furan rings is 1. The first-order chi connectivity index (χ1) is 13.7. The van der Waals surface area contributed by atoms with Crippen molar-refractivity contribution in [2.24, 2.45) is 7.05 Å². The molecule has 0 saturated heterocycles. The molecule has 0 aliphatic heterocycles. The van der Waals surface area contributed by atoms with Gasteiger partial charge in [-0.1, -0.05) is 0 Å².